The molecule has 27 heavy (non-hydrogen) atoms. The van der Waals surface area contributed by atoms with Crippen molar-refractivity contribution in [2.24, 2.45) is 16.6 Å². The minimum atomic E-state index is -0.757. The summed E-state index contributed by atoms with van der Waals surface area (Å²) >= 11 is 0. The number of benzene rings is 1. The predicted molar refractivity (Wildman–Crippen MR) is 105 cm³/mol. The number of aromatic nitrogens is 1. The number of halogens is 2. The van der Waals surface area contributed by atoms with Gasteiger partial charge in [-0.25, -0.2) is 13.8 Å². The van der Waals surface area contributed by atoms with Crippen LogP contribution in [-0.4, -0.2) is 10.8 Å². The van der Waals surface area contributed by atoms with E-state index in [1.807, 2.05) is 12.1 Å². The maximum Gasteiger partial charge on any atom is 0.156 e. The minimum absolute atomic E-state index is 0.0791. The molecule has 0 spiro atoms. The molecule has 0 aliphatic carbocycles. The van der Waals surface area contributed by atoms with Crippen LogP contribution in [0.4, 0.5) is 14.5 Å². The third-order valence-corrected chi connectivity index (χ3v) is 4.96. The van der Waals surface area contributed by atoms with Crippen molar-refractivity contribution in [1.29, 1.82) is 0 Å². The van der Waals surface area contributed by atoms with Crippen LogP contribution in [-0.2, 0) is 0 Å². The summed E-state index contributed by atoms with van der Waals surface area (Å²) in [6.45, 7) is 2.11. The smallest absolute Gasteiger partial charge is 0.156 e. The van der Waals surface area contributed by atoms with Crippen LogP contribution in [0.5, 0.6) is 0 Å². The zero-order valence-corrected chi connectivity index (χ0v) is 15.1. The lowest BCUT2D eigenvalue weighted by molar-refractivity contribution is 0.532. The first-order valence-electron chi connectivity index (χ1n) is 8.81. The van der Waals surface area contributed by atoms with Gasteiger partial charge in [0.2, 0.25) is 0 Å². The Morgan fingerprint density at radius 2 is 1.85 bits per heavy atom. The first-order valence-corrected chi connectivity index (χ1v) is 8.81. The molecule has 0 fully saturated rings. The average Bonchev–Trinajstić information content (AvgIpc) is 2.86. The van der Waals surface area contributed by atoms with E-state index >= 15 is 0 Å². The summed E-state index contributed by atoms with van der Waals surface area (Å²) in [4.78, 5) is 8.41. The van der Waals surface area contributed by atoms with Gasteiger partial charge >= 0.3 is 0 Å². The van der Waals surface area contributed by atoms with Crippen LogP contribution in [0.25, 0.3) is 6.08 Å². The van der Waals surface area contributed by atoms with Gasteiger partial charge in [0.25, 0.3) is 0 Å². The maximum atomic E-state index is 14.0. The molecular weight excluding hydrogens is 346 g/mol. The topological polar surface area (TPSA) is 77.3 Å². The second-order valence-corrected chi connectivity index (χ2v) is 6.67. The van der Waals surface area contributed by atoms with Crippen LogP contribution < -0.4 is 11.5 Å². The van der Waals surface area contributed by atoms with Crippen molar-refractivity contribution in [2.75, 3.05) is 5.73 Å². The normalized spacial score (nSPS) is 18.7. The number of nitrogens with two attached hydrogens (primary N) is 2. The summed E-state index contributed by atoms with van der Waals surface area (Å²) in [6, 6.07) is 6.32. The largest absolute Gasteiger partial charge is 0.396 e. The van der Waals surface area contributed by atoms with Gasteiger partial charge in [0.15, 0.2) is 5.82 Å². The first-order chi connectivity index (χ1) is 13.0. The molecule has 0 saturated heterocycles. The van der Waals surface area contributed by atoms with Crippen LogP contribution in [0.3, 0.4) is 0 Å². The number of hydrogen-bond acceptors (Lipinski definition) is 4. The quantitative estimate of drug-likeness (QED) is 0.785. The molecule has 4 N–H and O–H groups in total. The van der Waals surface area contributed by atoms with E-state index in [1.54, 1.807) is 24.7 Å². The fourth-order valence-corrected chi connectivity index (χ4v) is 3.25. The molecule has 0 bridgehead atoms. The number of rotatable bonds is 4. The molecule has 4 nitrogen and oxygen atoms in total. The van der Waals surface area contributed by atoms with Crippen molar-refractivity contribution < 1.29 is 8.78 Å². The van der Waals surface area contributed by atoms with Crippen molar-refractivity contribution in [3.63, 3.8) is 0 Å². The van der Waals surface area contributed by atoms with Crippen LogP contribution in [0, 0.1) is 17.6 Å². The summed E-state index contributed by atoms with van der Waals surface area (Å²) in [6.07, 6.45) is 9.73. The highest BCUT2D eigenvalue weighted by atomic mass is 19.1. The lowest BCUT2D eigenvalue weighted by atomic mass is 9.83. The number of aliphatic imine (C=N–C) groups is 1. The number of nitrogen functional groups attached to an aromatic ring is 1. The molecule has 0 radical (unpaired) electrons. The van der Waals surface area contributed by atoms with Crippen molar-refractivity contribution in [3.8, 4) is 0 Å². The third kappa shape index (κ3) is 4.22. The van der Waals surface area contributed by atoms with E-state index in [2.05, 4.69) is 16.9 Å². The third-order valence-electron chi connectivity index (χ3n) is 4.96. The Kier molecular flexibility index (Phi) is 5.64. The molecule has 1 aliphatic heterocycles. The molecular formula is C21H22F2N4. The maximum absolute atomic E-state index is 14.0. The highest BCUT2D eigenvalue weighted by Gasteiger charge is 2.24. The molecule has 1 aromatic heterocycles. The second kappa shape index (κ2) is 8.12. The summed E-state index contributed by atoms with van der Waals surface area (Å²) in [7, 11) is 0. The van der Waals surface area contributed by atoms with Crippen LogP contribution in [0.2, 0.25) is 0 Å². The molecule has 2 unspecified atom stereocenters. The van der Waals surface area contributed by atoms with Crippen molar-refractivity contribution in [1.82, 2.24) is 4.98 Å². The molecule has 0 saturated carbocycles. The van der Waals surface area contributed by atoms with Crippen molar-refractivity contribution >= 4 is 17.6 Å². The molecule has 1 aliphatic rings. The van der Waals surface area contributed by atoms with E-state index in [1.165, 1.54) is 12.1 Å². The number of nitrogens with zero attached hydrogens (tertiary/aromatic N) is 2. The second-order valence-electron chi connectivity index (χ2n) is 6.67. The highest BCUT2D eigenvalue weighted by molar-refractivity contribution is 5.84. The monoisotopic (exact) mass is 368 g/mol. The molecule has 0 amide bonds. The predicted octanol–water partition coefficient (Wildman–Crippen LogP) is 4.41. The Bertz CT molecular complexity index is 904. The Morgan fingerprint density at radius 1 is 1.11 bits per heavy atom. The lowest BCUT2D eigenvalue weighted by Crippen LogP contribution is -2.27. The summed E-state index contributed by atoms with van der Waals surface area (Å²) in [5, 5.41) is 0. The Labute approximate surface area is 157 Å². The number of allylic oxidation sites excluding steroid dienone is 2. The standard InChI is InChI=1S/C21H22F2N4/c1-13(15-8-10-26-11-9-15)16-4-2-14(12-27-21(16)25)3-5-17-18(22)6-7-19(24)20(17)23/h3,5-13,16H,2,4,24H2,1H3,(H2,25,27). The van der Waals surface area contributed by atoms with Crippen LogP contribution in [0.1, 0.15) is 36.8 Å². The van der Waals surface area contributed by atoms with Gasteiger partial charge in [0.1, 0.15) is 11.7 Å². The van der Waals surface area contributed by atoms with Gasteiger partial charge in [-0.15, -0.1) is 0 Å². The summed E-state index contributed by atoms with van der Waals surface area (Å²) < 4.78 is 27.9. The molecule has 3 rings (SSSR count). The molecule has 2 aromatic rings. The molecule has 2 heterocycles. The Balaban J connectivity index is 1.76. The number of hydrogen-bond donors (Lipinski definition) is 2. The molecule has 2 atom stereocenters. The van der Waals surface area contributed by atoms with Crippen LogP contribution >= 0.6 is 0 Å². The molecule has 1 aromatic carbocycles. The first kappa shape index (κ1) is 18.8. The van der Waals surface area contributed by atoms with E-state index in [0.29, 0.717) is 12.3 Å². The number of amidine groups is 1. The van der Waals surface area contributed by atoms with Crippen LogP contribution in [0.15, 0.2) is 59.5 Å². The van der Waals surface area contributed by atoms with Crippen molar-refractivity contribution in [2.45, 2.75) is 25.7 Å². The van der Waals surface area contributed by atoms with Gasteiger partial charge < -0.3 is 11.5 Å². The number of pyridine rings is 1. The minimum Gasteiger partial charge on any atom is -0.396 e. The SMILES string of the molecule is CC(c1ccncc1)C1CCC(C=Cc2c(F)ccc(N)c2F)=CN=C1N. The Morgan fingerprint density at radius 3 is 2.59 bits per heavy atom. The number of anilines is 1. The van der Waals surface area contributed by atoms with Gasteiger partial charge in [-0.1, -0.05) is 13.0 Å². The molecule has 140 valence electrons. The van der Waals surface area contributed by atoms with E-state index in [4.69, 9.17) is 11.5 Å². The lowest BCUT2D eigenvalue weighted by Gasteiger charge is -2.22. The fraction of sp³-hybridized carbons (Fsp3) is 0.238. The Hall–Kier alpha value is -3.02. The van der Waals surface area contributed by atoms with E-state index in [0.717, 1.165) is 23.6 Å². The van der Waals surface area contributed by atoms with Gasteiger partial charge in [-0.05, 0) is 60.2 Å². The zero-order valence-electron chi connectivity index (χ0n) is 15.1. The van der Waals surface area contributed by atoms with Crippen molar-refractivity contribution in [3.05, 3.63) is 77.3 Å². The van der Waals surface area contributed by atoms with E-state index in [-0.39, 0.29) is 23.1 Å². The van der Waals surface area contributed by atoms with Gasteiger partial charge in [0, 0.05) is 30.1 Å². The summed E-state index contributed by atoms with van der Waals surface area (Å²) in [5.74, 6) is -0.580. The molecule has 6 heteroatoms. The van der Waals surface area contributed by atoms with E-state index < -0.39 is 11.6 Å². The van der Waals surface area contributed by atoms with Gasteiger partial charge in [0.05, 0.1) is 5.69 Å². The fourth-order valence-electron chi connectivity index (χ4n) is 3.25. The van der Waals surface area contributed by atoms with Gasteiger partial charge in [-0.2, -0.15) is 0 Å². The average molecular weight is 368 g/mol. The van der Waals surface area contributed by atoms with E-state index in [9.17, 15) is 8.78 Å². The van der Waals surface area contributed by atoms with Gasteiger partial charge in [-0.3, -0.25) is 4.98 Å². The zero-order chi connectivity index (χ0) is 19.4. The summed E-state index contributed by atoms with van der Waals surface area (Å²) in [5.41, 5.74) is 13.5. The highest BCUT2D eigenvalue weighted by Crippen LogP contribution is 2.31.